The van der Waals surface area contributed by atoms with Crippen LogP contribution in [0.5, 0.6) is 0 Å². The fourth-order valence-corrected chi connectivity index (χ4v) is 2.21. The van der Waals surface area contributed by atoms with Crippen molar-refractivity contribution in [3.05, 3.63) is 21.9 Å². The maximum absolute atomic E-state index is 10.4. The molecule has 14 heavy (non-hydrogen) atoms. The Morgan fingerprint density at radius 1 is 1.50 bits per heavy atom. The van der Waals surface area contributed by atoms with Crippen LogP contribution in [0.1, 0.15) is 27.1 Å². The van der Waals surface area contributed by atoms with Gasteiger partial charge in [0.05, 0.1) is 11.0 Å². The molecule has 3 nitrogen and oxygen atoms in total. The summed E-state index contributed by atoms with van der Waals surface area (Å²) in [6, 6.07) is 3.28. The predicted octanol–water partition coefficient (Wildman–Crippen LogP) is 1.27. The first kappa shape index (κ1) is 11.7. The zero-order valence-corrected chi connectivity index (χ0v) is 9.17. The molecule has 1 aromatic rings. The van der Waals surface area contributed by atoms with E-state index in [-0.39, 0.29) is 0 Å². The van der Waals surface area contributed by atoms with E-state index in [1.165, 1.54) is 11.3 Å². The zero-order valence-electron chi connectivity index (χ0n) is 7.46. The minimum Gasteiger partial charge on any atom is -0.390 e. The van der Waals surface area contributed by atoms with Gasteiger partial charge in [-0.25, -0.2) is 0 Å². The molecule has 0 aromatic carbocycles. The van der Waals surface area contributed by atoms with E-state index < -0.39 is 12.2 Å². The van der Waals surface area contributed by atoms with Gasteiger partial charge >= 0.3 is 0 Å². The molecule has 0 fully saturated rings. The molecule has 0 spiro atoms. The maximum atomic E-state index is 10.4. The Labute approximate surface area is 91.8 Å². The van der Waals surface area contributed by atoms with Crippen LogP contribution in [0.15, 0.2) is 12.1 Å². The molecule has 0 radical (unpaired) electrons. The Balaban J connectivity index is 2.67. The molecule has 5 heteroatoms. The van der Waals surface area contributed by atoms with Crippen LogP contribution in [0.2, 0.25) is 0 Å². The summed E-state index contributed by atoms with van der Waals surface area (Å²) in [7, 11) is 0. The predicted molar refractivity (Wildman–Crippen MR) is 59.1 cm³/mol. The highest BCUT2D eigenvalue weighted by atomic mass is 32.1. The largest absolute Gasteiger partial charge is 0.390 e. The van der Waals surface area contributed by atoms with E-state index in [1.807, 2.05) is 0 Å². The Kier molecular flexibility index (Phi) is 4.60. The van der Waals surface area contributed by atoms with E-state index >= 15 is 0 Å². The fourth-order valence-electron chi connectivity index (χ4n) is 1.07. The van der Waals surface area contributed by atoms with Gasteiger partial charge in [-0.15, -0.1) is 11.3 Å². The van der Waals surface area contributed by atoms with Crippen LogP contribution in [0.4, 0.5) is 0 Å². The lowest BCUT2D eigenvalue weighted by Gasteiger charge is -2.14. The van der Waals surface area contributed by atoms with Crippen molar-refractivity contribution in [2.24, 2.45) is 0 Å². The first-order valence-corrected chi connectivity index (χ1v) is 5.66. The summed E-state index contributed by atoms with van der Waals surface area (Å²) in [5.41, 5.74) is 0. The SMILES string of the molecule is O=Cc1ccc(C(O)C(O)CCS)s1. The van der Waals surface area contributed by atoms with Crippen LogP contribution in [-0.2, 0) is 0 Å². The number of hydrogen-bond acceptors (Lipinski definition) is 5. The molecule has 0 bridgehead atoms. The van der Waals surface area contributed by atoms with Crippen molar-refractivity contribution in [2.75, 3.05) is 5.75 Å². The average molecular weight is 232 g/mol. The van der Waals surface area contributed by atoms with E-state index in [4.69, 9.17) is 0 Å². The van der Waals surface area contributed by atoms with Gasteiger partial charge in [0.25, 0.3) is 0 Å². The summed E-state index contributed by atoms with van der Waals surface area (Å²) in [6.07, 6.45) is -0.573. The maximum Gasteiger partial charge on any atom is 0.160 e. The highest BCUT2D eigenvalue weighted by Gasteiger charge is 2.19. The lowest BCUT2D eigenvalue weighted by atomic mass is 10.1. The van der Waals surface area contributed by atoms with Crippen LogP contribution in [0, 0.1) is 0 Å². The van der Waals surface area contributed by atoms with Crippen molar-refractivity contribution in [2.45, 2.75) is 18.6 Å². The first-order chi connectivity index (χ1) is 6.69. The van der Waals surface area contributed by atoms with E-state index in [0.29, 0.717) is 21.9 Å². The molecule has 1 rings (SSSR count). The monoisotopic (exact) mass is 232 g/mol. The highest BCUT2D eigenvalue weighted by Crippen LogP contribution is 2.25. The van der Waals surface area contributed by atoms with Crippen molar-refractivity contribution in [3.63, 3.8) is 0 Å². The molecular formula is C9H12O3S2. The summed E-state index contributed by atoms with van der Waals surface area (Å²) in [6.45, 7) is 0. The second-order valence-electron chi connectivity index (χ2n) is 2.88. The number of thiophene rings is 1. The molecule has 2 atom stereocenters. The molecule has 78 valence electrons. The van der Waals surface area contributed by atoms with Gasteiger partial charge in [0, 0.05) is 4.88 Å². The Hall–Kier alpha value is -0.360. The van der Waals surface area contributed by atoms with Crippen molar-refractivity contribution in [1.82, 2.24) is 0 Å². The molecule has 0 aliphatic rings. The van der Waals surface area contributed by atoms with Crippen LogP contribution in [-0.4, -0.2) is 28.4 Å². The van der Waals surface area contributed by atoms with Gasteiger partial charge in [-0.3, -0.25) is 4.79 Å². The highest BCUT2D eigenvalue weighted by molar-refractivity contribution is 7.80. The summed E-state index contributed by atoms with van der Waals surface area (Å²) in [5, 5.41) is 19.1. The van der Waals surface area contributed by atoms with Crippen molar-refractivity contribution in [3.8, 4) is 0 Å². The van der Waals surface area contributed by atoms with Crippen LogP contribution in [0.25, 0.3) is 0 Å². The number of carbonyl (C=O) groups excluding carboxylic acids is 1. The summed E-state index contributed by atoms with van der Waals surface area (Å²) < 4.78 is 0. The molecule has 0 saturated heterocycles. The van der Waals surface area contributed by atoms with Gasteiger partial charge in [-0.05, 0) is 24.3 Å². The van der Waals surface area contributed by atoms with Crippen LogP contribution in [0.3, 0.4) is 0 Å². The van der Waals surface area contributed by atoms with Gasteiger partial charge in [0.15, 0.2) is 6.29 Å². The minimum atomic E-state index is -0.916. The average Bonchev–Trinajstić information content (AvgIpc) is 2.65. The molecule has 0 aliphatic heterocycles. The molecule has 1 aromatic heterocycles. The second-order valence-corrected chi connectivity index (χ2v) is 4.48. The van der Waals surface area contributed by atoms with E-state index in [2.05, 4.69) is 12.6 Å². The molecular weight excluding hydrogens is 220 g/mol. The molecule has 2 N–H and O–H groups in total. The molecule has 0 amide bonds. The van der Waals surface area contributed by atoms with Gasteiger partial charge in [0.2, 0.25) is 0 Å². The Bertz CT molecular complexity index is 298. The Morgan fingerprint density at radius 3 is 2.71 bits per heavy atom. The lowest BCUT2D eigenvalue weighted by molar-refractivity contribution is 0.0194. The smallest absolute Gasteiger partial charge is 0.160 e. The third-order valence-electron chi connectivity index (χ3n) is 1.84. The molecule has 2 unspecified atom stereocenters. The number of aldehydes is 1. The van der Waals surface area contributed by atoms with Crippen molar-refractivity contribution in [1.29, 1.82) is 0 Å². The number of carbonyl (C=O) groups is 1. The van der Waals surface area contributed by atoms with E-state index in [0.717, 1.165) is 6.29 Å². The number of aliphatic hydroxyl groups excluding tert-OH is 2. The van der Waals surface area contributed by atoms with Gasteiger partial charge in [0.1, 0.15) is 6.10 Å². The summed E-state index contributed by atoms with van der Waals surface area (Å²) >= 11 is 5.16. The molecule has 0 saturated carbocycles. The standard InChI is InChI=1S/C9H12O3S2/c10-5-6-1-2-8(14-6)9(12)7(11)3-4-13/h1-2,5,7,9,11-13H,3-4H2. The van der Waals surface area contributed by atoms with Crippen LogP contribution < -0.4 is 0 Å². The minimum absolute atomic E-state index is 0.429. The number of aliphatic hydroxyl groups is 2. The van der Waals surface area contributed by atoms with Gasteiger partial charge < -0.3 is 10.2 Å². The van der Waals surface area contributed by atoms with Gasteiger partial charge in [-0.1, -0.05) is 0 Å². The number of thiol groups is 1. The molecule has 0 aliphatic carbocycles. The third-order valence-corrected chi connectivity index (χ3v) is 3.18. The fraction of sp³-hybridized carbons (Fsp3) is 0.444. The first-order valence-electron chi connectivity index (χ1n) is 4.21. The number of rotatable bonds is 5. The number of hydrogen-bond donors (Lipinski definition) is 3. The third kappa shape index (κ3) is 2.81. The second kappa shape index (κ2) is 5.50. The molecule has 1 heterocycles. The van der Waals surface area contributed by atoms with Crippen LogP contribution >= 0.6 is 24.0 Å². The summed E-state index contributed by atoms with van der Waals surface area (Å²) in [4.78, 5) is 11.6. The van der Waals surface area contributed by atoms with Crippen molar-refractivity contribution >= 4 is 30.3 Å². The van der Waals surface area contributed by atoms with Gasteiger partial charge in [-0.2, -0.15) is 12.6 Å². The Morgan fingerprint density at radius 2 is 2.21 bits per heavy atom. The quantitative estimate of drug-likeness (QED) is 0.529. The van der Waals surface area contributed by atoms with Crippen molar-refractivity contribution < 1.29 is 15.0 Å². The zero-order chi connectivity index (χ0) is 10.6. The summed E-state index contributed by atoms with van der Waals surface area (Å²) in [5.74, 6) is 0.518. The van der Waals surface area contributed by atoms with E-state index in [1.54, 1.807) is 12.1 Å². The lowest BCUT2D eigenvalue weighted by Crippen LogP contribution is -2.17. The topological polar surface area (TPSA) is 57.5 Å². The van der Waals surface area contributed by atoms with E-state index in [9.17, 15) is 15.0 Å². The normalized spacial score (nSPS) is 15.1.